The van der Waals surface area contributed by atoms with Crippen LogP contribution in [0.5, 0.6) is 11.5 Å². The highest BCUT2D eigenvalue weighted by Gasteiger charge is 2.37. The molecule has 368 valence electrons. The minimum atomic E-state index is -1.06. The molecule has 4 aliphatic rings. The number of nitrogens with zero attached hydrogens (tertiary/aromatic N) is 1. The summed E-state index contributed by atoms with van der Waals surface area (Å²) in [6, 6.07) is 13.2. The number of aromatic nitrogens is 1. The molecule has 8 rings (SSSR count). The van der Waals surface area contributed by atoms with Crippen LogP contribution < -0.4 is 9.47 Å². The zero-order valence-corrected chi connectivity index (χ0v) is 40.9. The van der Waals surface area contributed by atoms with Crippen molar-refractivity contribution >= 4 is 90.4 Å². The first-order valence-corrected chi connectivity index (χ1v) is 25.9. The van der Waals surface area contributed by atoms with Gasteiger partial charge in [0.2, 0.25) is 13.1 Å². The third-order valence-corrected chi connectivity index (χ3v) is 16.9. The van der Waals surface area contributed by atoms with E-state index in [1.54, 1.807) is 37.3 Å². The average Bonchev–Trinajstić information content (AvgIpc) is 4.01. The molecular formula is C52H59NO14S2. The van der Waals surface area contributed by atoms with Gasteiger partial charge in [0.05, 0.1) is 40.4 Å². The summed E-state index contributed by atoms with van der Waals surface area (Å²) in [5.41, 5.74) is 0.370. The van der Waals surface area contributed by atoms with E-state index >= 15 is 0 Å². The Bertz CT molecular complexity index is 2530. The normalized spacial score (nSPS) is 25.4. The van der Waals surface area contributed by atoms with E-state index in [-0.39, 0.29) is 46.7 Å². The van der Waals surface area contributed by atoms with E-state index in [1.165, 1.54) is 18.3 Å². The molecule has 1 atom stereocenters. The van der Waals surface area contributed by atoms with Crippen LogP contribution in [0.1, 0.15) is 124 Å². The Kier molecular flexibility index (Phi) is 16.2. The van der Waals surface area contributed by atoms with Crippen molar-refractivity contribution in [2.75, 3.05) is 6.79 Å². The van der Waals surface area contributed by atoms with Crippen molar-refractivity contribution in [1.82, 2.24) is 4.98 Å². The van der Waals surface area contributed by atoms with Crippen LogP contribution in [0.4, 0.5) is 0 Å². The topological polar surface area (TPSA) is 205 Å². The first-order chi connectivity index (χ1) is 33.2. The molecule has 1 unspecified atom stereocenters. The fourth-order valence-electron chi connectivity index (χ4n) is 10.2. The molecule has 0 N–H and O–H groups in total. The molecule has 2 aromatic heterocycles. The summed E-state index contributed by atoms with van der Waals surface area (Å²) in [6.45, 7) is 4.18. The Hall–Kier alpha value is -5.55. The minimum absolute atomic E-state index is 0.0159. The van der Waals surface area contributed by atoms with Crippen LogP contribution in [-0.4, -0.2) is 65.4 Å². The van der Waals surface area contributed by atoms with Gasteiger partial charge in [-0.3, -0.25) is 38.4 Å². The molecule has 15 nitrogen and oxygen atoms in total. The summed E-state index contributed by atoms with van der Waals surface area (Å²) < 4.78 is 35.2. The van der Waals surface area contributed by atoms with E-state index in [1.807, 2.05) is 30.3 Å². The van der Waals surface area contributed by atoms with Crippen molar-refractivity contribution in [3.05, 3.63) is 42.5 Å². The van der Waals surface area contributed by atoms with Gasteiger partial charge in [-0.1, -0.05) is 18.2 Å². The van der Waals surface area contributed by atoms with E-state index in [2.05, 4.69) is 0 Å². The number of Topliss-reactive ketones (excluding diaryl/α,β-unsaturated/α-hetero) is 2. The first-order valence-electron chi connectivity index (χ1n) is 24.3. The lowest BCUT2D eigenvalue weighted by Gasteiger charge is -2.28. The number of thiophene rings is 1. The number of thiazole rings is 1. The molecule has 4 aliphatic carbocycles. The molecule has 4 aromatic rings. The number of benzene rings is 2. The zero-order chi connectivity index (χ0) is 48.8. The highest BCUT2D eigenvalue weighted by Crippen LogP contribution is 2.45. The lowest BCUT2D eigenvalue weighted by atomic mass is 9.80. The fourth-order valence-corrected chi connectivity index (χ4v) is 12.4. The number of fused-ring (bicyclic) bond motifs is 2. The lowest BCUT2D eigenvalue weighted by Crippen LogP contribution is -2.33. The van der Waals surface area contributed by atoms with Gasteiger partial charge in [0.25, 0.3) is 0 Å². The number of hydrogen-bond donors (Lipinski definition) is 0. The highest BCUT2D eigenvalue weighted by atomic mass is 32.1. The van der Waals surface area contributed by atoms with E-state index < -0.39 is 72.6 Å². The van der Waals surface area contributed by atoms with Crippen LogP contribution in [0.25, 0.3) is 30.2 Å². The van der Waals surface area contributed by atoms with Crippen LogP contribution in [0.3, 0.4) is 0 Å². The zero-order valence-electron chi connectivity index (χ0n) is 39.2. The monoisotopic (exact) mass is 985 g/mol. The van der Waals surface area contributed by atoms with Crippen LogP contribution >= 0.6 is 22.7 Å². The number of carbonyl (C=O) groups is 8. The fraction of sp³-hybridized carbons (Fsp3) is 0.558. The SMILES string of the molecule is CC(=O)C1CCC(C(=O)OCOC(=O)C2CCC(C(=O)Oc3ccc(OC(=O)C4CCC(C(=O)OC(C)OC(=O)C5CCC(C(C)=O)CC5)CC4)c4nc(-c5cc6ccccc6s5)sc34)CC2)CC1. The van der Waals surface area contributed by atoms with Crippen LogP contribution in [0.2, 0.25) is 0 Å². The predicted octanol–water partition coefficient (Wildman–Crippen LogP) is 9.87. The Morgan fingerprint density at radius 3 is 1.39 bits per heavy atom. The Labute approximate surface area is 408 Å². The molecule has 0 bridgehead atoms. The van der Waals surface area contributed by atoms with Gasteiger partial charge in [0.1, 0.15) is 26.8 Å². The van der Waals surface area contributed by atoms with E-state index in [4.69, 9.17) is 33.4 Å². The summed E-state index contributed by atoms with van der Waals surface area (Å²) >= 11 is 2.90. The third-order valence-electron chi connectivity index (χ3n) is 14.6. The Balaban J connectivity index is 0.847. The first kappa shape index (κ1) is 49.9. The van der Waals surface area contributed by atoms with Gasteiger partial charge in [-0.25, -0.2) is 4.98 Å². The van der Waals surface area contributed by atoms with Gasteiger partial charge < -0.3 is 28.4 Å². The second kappa shape index (κ2) is 22.5. The number of esters is 6. The maximum atomic E-state index is 13.7. The molecule has 4 fully saturated rings. The number of hydrogen-bond acceptors (Lipinski definition) is 17. The van der Waals surface area contributed by atoms with Gasteiger partial charge in [-0.05, 0) is 146 Å². The molecule has 0 radical (unpaired) electrons. The molecule has 2 aromatic carbocycles. The molecule has 0 spiro atoms. The molecule has 4 saturated carbocycles. The van der Waals surface area contributed by atoms with Crippen molar-refractivity contribution < 1.29 is 66.8 Å². The second-order valence-electron chi connectivity index (χ2n) is 19.2. The van der Waals surface area contributed by atoms with Crippen molar-refractivity contribution in [2.45, 2.75) is 130 Å². The smallest absolute Gasteiger partial charge is 0.314 e. The van der Waals surface area contributed by atoms with Gasteiger partial charge in [0, 0.05) is 23.5 Å². The molecule has 0 aliphatic heterocycles. The molecule has 17 heteroatoms. The van der Waals surface area contributed by atoms with Gasteiger partial charge in [0.15, 0.2) is 11.5 Å². The summed E-state index contributed by atoms with van der Waals surface area (Å²) in [7, 11) is 0. The van der Waals surface area contributed by atoms with Gasteiger partial charge >= 0.3 is 35.8 Å². The third kappa shape index (κ3) is 12.3. The Morgan fingerprint density at radius 1 is 0.522 bits per heavy atom. The maximum absolute atomic E-state index is 13.7. The van der Waals surface area contributed by atoms with Crippen molar-refractivity contribution in [2.24, 2.45) is 47.3 Å². The van der Waals surface area contributed by atoms with Crippen molar-refractivity contribution in [1.29, 1.82) is 0 Å². The summed E-state index contributed by atoms with van der Waals surface area (Å²) in [6.07, 6.45) is 6.87. The Morgan fingerprint density at radius 2 is 0.928 bits per heavy atom. The molecule has 69 heavy (non-hydrogen) atoms. The summed E-state index contributed by atoms with van der Waals surface area (Å²) in [5.74, 6) is -4.56. The summed E-state index contributed by atoms with van der Waals surface area (Å²) in [5, 5.41) is 1.72. The molecule has 2 heterocycles. The maximum Gasteiger partial charge on any atom is 0.314 e. The number of rotatable bonds is 15. The molecular weight excluding hydrogens is 927 g/mol. The minimum Gasteiger partial charge on any atom is -0.428 e. The van der Waals surface area contributed by atoms with Crippen LogP contribution in [-0.2, 0) is 57.3 Å². The standard InChI is InChI=1S/C52H59NO14S2/c1-28(54)31-8-12-33(13-9-31)47(56)62-27-63-48(57)34-16-18-38(19-17-34)52(61)67-41-25-24-40(44-45(41)69-46(53-44)43-26-39-6-4-5-7-42(39)68-43)66-51(60)37-22-20-36(21-23-37)50(59)65-30(3)64-49(58)35-14-10-32(11-15-35)29(2)55/h4-7,24-26,30-38H,8-23,27H2,1-3H3. The quantitative estimate of drug-likeness (QED) is 0.0617. The highest BCUT2D eigenvalue weighted by molar-refractivity contribution is 7.28. The lowest BCUT2D eigenvalue weighted by molar-refractivity contribution is -0.192. The van der Waals surface area contributed by atoms with Crippen molar-refractivity contribution in [3.8, 4) is 21.4 Å². The summed E-state index contributed by atoms with van der Waals surface area (Å²) in [4.78, 5) is 108. The second-order valence-corrected chi connectivity index (χ2v) is 21.2. The van der Waals surface area contributed by atoms with E-state index in [0.717, 1.165) is 15.0 Å². The predicted molar refractivity (Wildman–Crippen MR) is 254 cm³/mol. The van der Waals surface area contributed by atoms with Gasteiger partial charge in [-0.2, -0.15) is 0 Å². The largest absolute Gasteiger partial charge is 0.428 e. The van der Waals surface area contributed by atoms with Crippen LogP contribution in [0.15, 0.2) is 42.5 Å². The number of ether oxygens (including phenoxy) is 6. The average molecular weight is 986 g/mol. The van der Waals surface area contributed by atoms with Crippen LogP contribution in [0, 0.1) is 47.3 Å². The number of ketones is 2. The van der Waals surface area contributed by atoms with E-state index in [0.29, 0.717) is 118 Å². The van der Waals surface area contributed by atoms with Gasteiger partial charge in [-0.15, -0.1) is 22.7 Å². The molecule has 0 amide bonds. The van der Waals surface area contributed by atoms with E-state index in [9.17, 15) is 38.4 Å². The number of carbonyl (C=O) groups excluding carboxylic acids is 8. The molecule has 0 saturated heterocycles. The van der Waals surface area contributed by atoms with Crippen molar-refractivity contribution in [3.63, 3.8) is 0 Å².